The lowest BCUT2D eigenvalue weighted by Gasteiger charge is -2.26. The van der Waals surface area contributed by atoms with E-state index in [0.717, 1.165) is 48.8 Å². The number of benzene rings is 1. The molecule has 1 amide bonds. The molecule has 0 aliphatic carbocycles. The molecule has 0 unspecified atom stereocenters. The Labute approximate surface area is 180 Å². The minimum atomic E-state index is 0.159. The number of amides is 1. The number of hydrogen-bond acceptors (Lipinski definition) is 6. The smallest absolute Gasteiger partial charge is 0.233 e. The fourth-order valence-corrected chi connectivity index (χ4v) is 4.36. The lowest BCUT2D eigenvalue weighted by Crippen LogP contribution is -2.36. The summed E-state index contributed by atoms with van der Waals surface area (Å²) in [7, 11) is 0. The molecule has 4 rings (SSSR count). The third-order valence-electron chi connectivity index (χ3n) is 5.01. The van der Waals surface area contributed by atoms with E-state index in [-0.39, 0.29) is 5.91 Å². The minimum absolute atomic E-state index is 0.159. The predicted molar refractivity (Wildman–Crippen MR) is 117 cm³/mol. The Hall–Kier alpha value is -2.87. The van der Waals surface area contributed by atoms with Gasteiger partial charge in [0.1, 0.15) is 5.75 Å². The first-order valence-corrected chi connectivity index (χ1v) is 11.2. The predicted octanol–water partition coefficient (Wildman–Crippen LogP) is 3.83. The quantitative estimate of drug-likeness (QED) is 0.538. The standard InChI is InChI=1S/C22H25N5O2S/c1-2-29-19-8-6-18(7-9-19)27-21(17-10-12-23-13-11-17)24-25-22(27)30-16-20(28)26-14-4-3-5-15-26/h6-13H,2-5,14-16H2,1H3. The van der Waals surface area contributed by atoms with E-state index in [1.165, 1.54) is 18.2 Å². The zero-order valence-electron chi connectivity index (χ0n) is 17.0. The number of carbonyl (C=O) groups excluding carboxylic acids is 1. The summed E-state index contributed by atoms with van der Waals surface area (Å²) in [5, 5.41) is 9.51. The number of pyridine rings is 1. The molecule has 0 saturated carbocycles. The molecule has 1 fully saturated rings. The highest BCUT2D eigenvalue weighted by Crippen LogP contribution is 2.29. The molecule has 1 aliphatic heterocycles. The summed E-state index contributed by atoms with van der Waals surface area (Å²) in [6, 6.07) is 11.6. The Bertz CT molecular complexity index is 969. The van der Waals surface area contributed by atoms with E-state index in [1.807, 2.05) is 52.8 Å². The van der Waals surface area contributed by atoms with Crippen molar-refractivity contribution < 1.29 is 9.53 Å². The van der Waals surface area contributed by atoms with Crippen LogP contribution in [0.1, 0.15) is 26.2 Å². The number of rotatable bonds is 7. The SMILES string of the molecule is CCOc1ccc(-n2c(SCC(=O)N3CCCCC3)nnc2-c2ccncc2)cc1. The molecule has 2 aromatic heterocycles. The summed E-state index contributed by atoms with van der Waals surface area (Å²) in [4.78, 5) is 18.7. The van der Waals surface area contributed by atoms with Crippen LogP contribution in [0.15, 0.2) is 53.9 Å². The van der Waals surface area contributed by atoms with Crippen LogP contribution in [0.25, 0.3) is 17.1 Å². The zero-order valence-corrected chi connectivity index (χ0v) is 17.8. The number of thioether (sulfide) groups is 1. The molecule has 3 aromatic rings. The number of hydrogen-bond donors (Lipinski definition) is 0. The number of carbonyl (C=O) groups is 1. The monoisotopic (exact) mass is 423 g/mol. The van der Waals surface area contributed by atoms with Crippen LogP contribution in [0.3, 0.4) is 0 Å². The highest BCUT2D eigenvalue weighted by molar-refractivity contribution is 7.99. The molecule has 7 nitrogen and oxygen atoms in total. The zero-order chi connectivity index (χ0) is 20.8. The highest BCUT2D eigenvalue weighted by Gasteiger charge is 2.20. The summed E-state index contributed by atoms with van der Waals surface area (Å²) >= 11 is 1.42. The largest absolute Gasteiger partial charge is 0.494 e. The van der Waals surface area contributed by atoms with Gasteiger partial charge < -0.3 is 9.64 Å². The maximum absolute atomic E-state index is 12.6. The molecule has 3 heterocycles. The van der Waals surface area contributed by atoms with Crippen molar-refractivity contribution in [1.29, 1.82) is 0 Å². The average Bonchev–Trinajstić information content (AvgIpc) is 3.23. The number of nitrogens with zero attached hydrogens (tertiary/aromatic N) is 5. The van der Waals surface area contributed by atoms with Crippen molar-refractivity contribution in [1.82, 2.24) is 24.6 Å². The van der Waals surface area contributed by atoms with Crippen LogP contribution in [0.2, 0.25) is 0 Å². The first-order valence-electron chi connectivity index (χ1n) is 10.3. The van der Waals surface area contributed by atoms with E-state index in [2.05, 4.69) is 15.2 Å². The lowest BCUT2D eigenvalue weighted by molar-refractivity contribution is -0.129. The molecule has 0 N–H and O–H groups in total. The van der Waals surface area contributed by atoms with Gasteiger partial charge in [0, 0.05) is 36.7 Å². The second kappa shape index (κ2) is 9.75. The van der Waals surface area contributed by atoms with E-state index >= 15 is 0 Å². The topological polar surface area (TPSA) is 73.1 Å². The van der Waals surface area contributed by atoms with Gasteiger partial charge in [0.2, 0.25) is 5.91 Å². The second-order valence-electron chi connectivity index (χ2n) is 7.03. The molecule has 1 saturated heterocycles. The number of aromatic nitrogens is 4. The fraction of sp³-hybridized carbons (Fsp3) is 0.364. The molecule has 8 heteroatoms. The first-order chi connectivity index (χ1) is 14.8. The fourth-order valence-electron chi connectivity index (χ4n) is 3.50. The van der Waals surface area contributed by atoms with Gasteiger partial charge in [-0.1, -0.05) is 11.8 Å². The third-order valence-corrected chi connectivity index (χ3v) is 5.93. The van der Waals surface area contributed by atoms with E-state index < -0.39 is 0 Å². The van der Waals surface area contributed by atoms with Gasteiger partial charge in [-0.05, 0) is 62.6 Å². The second-order valence-corrected chi connectivity index (χ2v) is 7.98. The van der Waals surface area contributed by atoms with Gasteiger partial charge in [0.15, 0.2) is 11.0 Å². The van der Waals surface area contributed by atoms with E-state index in [1.54, 1.807) is 12.4 Å². The normalized spacial score (nSPS) is 14.0. The van der Waals surface area contributed by atoms with Gasteiger partial charge >= 0.3 is 0 Å². The van der Waals surface area contributed by atoms with E-state index in [9.17, 15) is 4.79 Å². The van der Waals surface area contributed by atoms with E-state index in [0.29, 0.717) is 17.5 Å². The van der Waals surface area contributed by atoms with Crippen LogP contribution in [0.4, 0.5) is 0 Å². The van der Waals surface area contributed by atoms with Crippen molar-refractivity contribution >= 4 is 17.7 Å². The molecule has 0 radical (unpaired) electrons. The van der Waals surface area contributed by atoms with Crippen LogP contribution in [-0.4, -0.2) is 56.0 Å². The molecule has 1 aliphatic rings. The first kappa shape index (κ1) is 20.4. The van der Waals surface area contributed by atoms with Crippen LogP contribution >= 0.6 is 11.8 Å². The Morgan fingerprint density at radius 1 is 1.03 bits per heavy atom. The molecular formula is C22H25N5O2S. The number of ether oxygens (including phenoxy) is 1. The molecular weight excluding hydrogens is 398 g/mol. The van der Waals surface area contributed by atoms with Gasteiger partial charge in [-0.25, -0.2) is 0 Å². The van der Waals surface area contributed by atoms with Crippen molar-refractivity contribution in [3.63, 3.8) is 0 Å². The van der Waals surface area contributed by atoms with Crippen LogP contribution in [-0.2, 0) is 4.79 Å². The lowest BCUT2D eigenvalue weighted by atomic mass is 10.1. The van der Waals surface area contributed by atoms with Crippen LogP contribution < -0.4 is 4.74 Å². The van der Waals surface area contributed by atoms with Gasteiger partial charge in [-0.15, -0.1) is 10.2 Å². The molecule has 0 bridgehead atoms. The van der Waals surface area contributed by atoms with Crippen molar-refractivity contribution in [3.8, 4) is 22.8 Å². The Kier molecular flexibility index (Phi) is 6.63. The van der Waals surface area contributed by atoms with Gasteiger partial charge in [-0.3, -0.25) is 14.3 Å². The van der Waals surface area contributed by atoms with Gasteiger partial charge in [-0.2, -0.15) is 0 Å². The van der Waals surface area contributed by atoms with Gasteiger partial charge in [0.25, 0.3) is 0 Å². The molecule has 0 spiro atoms. The van der Waals surface area contributed by atoms with Crippen molar-refractivity contribution in [2.24, 2.45) is 0 Å². The Balaban J connectivity index is 1.61. The van der Waals surface area contributed by atoms with Crippen molar-refractivity contribution in [3.05, 3.63) is 48.8 Å². The van der Waals surface area contributed by atoms with Crippen molar-refractivity contribution in [2.45, 2.75) is 31.3 Å². The Morgan fingerprint density at radius 2 is 1.77 bits per heavy atom. The highest BCUT2D eigenvalue weighted by atomic mass is 32.2. The minimum Gasteiger partial charge on any atom is -0.494 e. The van der Waals surface area contributed by atoms with Crippen molar-refractivity contribution in [2.75, 3.05) is 25.4 Å². The summed E-state index contributed by atoms with van der Waals surface area (Å²) < 4.78 is 7.55. The molecule has 1 aromatic carbocycles. The number of piperidine rings is 1. The van der Waals surface area contributed by atoms with Crippen LogP contribution in [0.5, 0.6) is 5.75 Å². The summed E-state index contributed by atoms with van der Waals surface area (Å²) in [5.74, 6) is 2.04. The summed E-state index contributed by atoms with van der Waals surface area (Å²) in [6.07, 6.45) is 6.85. The van der Waals surface area contributed by atoms with Crippen LogP contribution in [0, 0.1) is 0 Å². The Morgan fingerprint density at radius 3 is 2.47 bits per heavy atom. The molecule has 30 heavy (non-hydrogen) atoms. The average molecular weight is 424 g/mol. The van der Waals surface area contributed by atoms with Gasteiger partial charge in [0.05, 0.1) is 12.4 Å². The summed E-state index contributed by atoms with van der Waals surface area (Å²) in [5.41, 5.74) is 1.84. The summed E-state index contributed by atoms with van der Waals surface area (Å²) in [6.45, 7) is 4.29. The maximum atomic E-state index is 12.6. The third kappa shape index (κ3) is 4.64. The molecule has 0 atom stereocenters. The molecule has 156 valence electrons. The van der Waals surface area contributed by atoms with E-state index in [4.69, 9.17) is 4.74 Å². The maximum Gasteiger partial charge on any atom is 0.233 e. The number of likely N-dealkylation sites (tertiary alicyclic amines) is 1.